The summed E-state index contributed by atoms with van der Waals surface area (Å²) in [5.41, 5.74) is 0.428. The van der Waals surface area contributed by atoms with E-state index in [2.05, 4.69) is 14.8 Å². The van der Waals surface area contributed by atoms with Crippen molar-refractivity contribution < 1.29 is 23.7 Å². The molecule has 9 nitrogen and oxygen atoms in total. The van der Waals surface area contributed by atoms with E-state index in [0.717, 1.165) is 12.8 Å². The van der Waals surface area contributed by atoms with Crippen molar-refractivity contribution in [2.75, 3.05) is 26.8 Å². The summed E-state index contributed by atoms with van der Waals surface area (Å²) in [5.74, 6) is 1.41. The van der Waals surface area contributed by atoms with Gasteiger partial charge in [-0.1, -0.05) is 17.7 Å². The lowest BCUT2D eigenvalue weighted by atomic mass is 9.96. The molecule has 0 radical (unpaired) electrons. The van der Waals surface area contributed by atoms with Gasteiger partial charge in [0.15, 0.2) is 5.69 Å². The Bertz CT molecular complexity index is 1090. The van der Waals surface area contributed by atoms with Gasteiger partial charge in [0.1, 0.15) is 12.1 Å². The van der Waals surface area contributed by atoms with E-state index < -0.39 is 0 Å². The van der Waals surface area contributed by atoms with E-state index in [1.54, 1.807) is 17.0 Å². The number of aromatic nitrogens is 2. The minimum absolute atomic E-state index is 0.0183. The number of nitrogens with zero attached hydrogens (tertiary/aromatic N) is 4. The Labute approximate surface area is 197 Å². The summed E-state index contributed by atoms with van der Waals surface area (Å²) in [6, 6.07) is 4.73. The minimum Gasteiger partial charge on any atom is -0.487 e. The molecule has 1 amide bonds. The van der Waals surface area contributed by atoms with Gasteiger partial charge in [0.25, 0.3) is 11.8 Å². The van der Waals surface area contributed by atoms with Crippen molar-refractivity contribution in [3.8, 4) is 23.3 Å². The summed E-state index contributed by atoms with van der Waals surface area (Å²) >= 11 is 6.22. The van der Waals surface area contributed by atoms with Gasteiger partial charge in [-0.05, 0) is 44.7 Å². The van der Waals surface area contributed by atoms with Gasteiger partial charge >= 0.3 is 6.09 Å². The number of ether oxygens (including phenoxy) is 4. The molecule has 2 unspecified atom stereocenters. The highest BCUT2D eigenvalue weighted by Gasteiger charge is 2.58. The van der Waals surface area contributed by atoms with Crippen LogP contribution in [0.2, 0.25) is 5.02 Å². The molecular formula is C23H25ClN4O5. The standard InChI is InChI=1S/C23H25ClN4O5/c1-14(2)32-22(29)28-8-7-23(10-15(23)11-28)12-31-20-19(30-4)21(27-13-26-20)33-18-6-5-16(25-3)9-17(18)24/h5-6,9,13-15H,7-8,10-12H2,1-2,4H3. The Hall–Kier alpha value is -3.25. The highest BCUT2D eigenvalue weighted by atomic mass is 35.5. The Morgan fingerprint density at radius 3 is 2.82 bits per heavy atom. The van der Waals surface area contributed by atoms with Crippen LogP contribution >= 0.6 is 11.6 Å². The Morgan fingerprint density at radius 2 is 2.15 bits per heavy atom. The first-order chi connectivity index (χ1) is 15.8. The van der Waals surface area contributed by atoms with Gasteiger partial charge in [-0.15, -0.1) is 0 Å². The average Bonchev–Trinajstić information content (AvgIpc) is 3.52. The predicted molar refractivity (Wildman–Crippen MR) is 120 cm³/mol. The smallest absolute Gasteiger partial charge is 0.410 e. The minimum atomic E-state index is -0.256. The summed E-state index contributed by atoms with van der Waals surface area (Å²) in [6.07, 6.45) is 2.77. The number of piperidine rings is 1. The topological polar surface area (TPSA) is 87.4 Å². The lowest BCUT2D eigenvalue weighted by Gasteiger charge is -2.31. The van der Waals surface area contributed by atoms with Gasteiger partial charge in [-0.2, -0.15) is 9.97 Å². The van der Waals surface area contributed by atoms with Gasteiger partial charge in [0, 0.05) is 18.5 Å². The van der Waals surface area contributed by atoms with Gasteiger partial charge < -0.3 is 23.8 Å². The van der Waals surface area contributed by atoms with Crippen LogP contribution in [0.1, 0.15) is 26.7 Å². The highest BCUT2D eigenvalue weighted by molar-refractivity contribution is 6.32. The molecule has 2 aliphatic rings. The first-order valence-corrected chi connectivity index (χ1v) is 11.0. The van der Waals surface area contributed by atoms with Crippen molar-refractivity contribution in [3.05, 3.63) is 41.0 Å². The molecule has 33 heavy (non-hydrogen) atoms. The maximum atomic E-state index is 12.2. The summed E-state index contributed by atoms with van der Waals surface area (Å²) in [5, 5.41) is 0.286. The van der Waals surface area contributed by atoms with Crippen molar-refractivity contribution in [2.24, 2.45) is 11.3 Å². The van der Waals surface area contributed by atoms with E-state index in [-0.39, 0.29) is 40.1 Å². The molecule has 1 aromatic heterocycles. The lowest BCUT2D eigenvalue weighted by Crippen LogP contribution is -2.41. The van der Waals surface area contributed by atoms with Crippen molar-refractivity contribution in [2.45, 2.75) is 32.8 Å². The SMILES string of the molecule is [C-]#[N+]c1ccc(Oc2ncnc(OCC34CCN(C(=O)OC(C)C)CC3C4)c2OC)c(Cl)c1. The first-order valence-electron chi connectivity index (χ1n) is 10.7. The number of likely N-dealkylation sites (tertiary alicyclic amines) is 1. The molecule has 2 aromatic rings. The maximum Gasteiger partial charge on any atom is 0.410 e. The molecule has 1 aromatic carbocycles. The van der Waals surface area contributed by atoms with E-state index in [4.69, 9.17) is 37.1 Å². The van der Waals surface area contributed by atoms with Crippen LogP contribution in [-0.2, 0) is 4.74 Å². The molecule has 2 fully saturated rings. The molecular weight excluding hydrogens is 448 g/mol. The Morgan fingerprint density at radius 1 is 1.36 bits per heavy atom. The second kappa shape index (κ2) is 9.32. The summed E-state index contributed by atoms with van der Waals surface area (Å²) in [7, 11) is 1.49. The number of fused-ring (bicyclic) bond motifs is 1. The quantitative estimate of drug-likeness (QED) is 0.517. The third kappa shape index (κ3) is 4.91. The van der Waals surface area contributed by atoms with E-state index in [9.17, 15) is 4.79 Å². The number of carbonyl (C=O) groups excluding carboxylic acids is 1. The van der Waals surface area contributed by atoms with Crippen molar-refractivity contribution in [1.29, 1.82) is 0 Å². The number of hydrogen-bond acceptors (Lipinski definition) is 7. The monoisotopic (exact) mass is 472 g/mol. The fraction of sp³-hybridized carbons (Fsp3) is 0.478. The molecule has 4 rings (SSSR count). The molecule has 10 heteroatoms. The average molecular weight is 473 g/mol. The van der Waals surface area contributed by atoms with Gasteiger partial charge in [-0.3, -0.25) is 0 Å². The fourth-order valence-electron chi connectivity index (χ4n) is 4.05. The molecule has 2 atom stereocenters. The van der Waals surface area contributed by atoms with E-state index in [0.29, 0.717) is 37.1 Å². The van der Waals surface area contributed by atoms with Crippen molar-refractivity contribution in [1.82, 2.24) is 14.9 Å². The van der Waals surface area contributed by atoms with Gasteiger partial charge in [-0.25, -0.2) is 9.64 Å². The predicted octanol–water partition coefficient (Wildman–Crippen LogP) is 5.12. The number of rotatable bonds is 7. The number of benzene rings is 1. The van der Waals surface area contributed by atoms with Gasteiger partial charge in [0.05, 0.1) is 31.4 Å². The Kier molecular flexibility index (Phi) is 6.47. The number of amides is 1. The largest absolute Gasteiger partial charge is 0.487 e. The summed E-state index contributed by atoms with van der Waals surface area (Å²) in [6.45, 7) is 12.5. The zero-order valence-corrected chi connectivity index (χ0v) is 19.5. The Balaban J connectivity index is 1.41. The molecule has 174 valence electrons. The normalized spacial score (nSPS) is 21.1. The second-order valence-corrected chi connectivity index (χ2v) is 8.93. The zero-order valence-electron chi connectivity index (χ0n) is 18.7. The van der Waals surface area contributed by atoms with Crippen LogP contribution in [-0.4, -0.2) is 53.9 Å². The van der Waals surface area contributed by atoms with E-state index >= 15 is 0 Å². The molecule has 0 N–H and O–H groups in total. The molecule has 1 aliphatic carbocycles. The fourth-order valence-corrected chi connectivity index (χ4v) is 4.27. The molecule has 1 saturated heterocycles. The van der Waals surface area contributed by atoms with Crippen LogP contribution in [0.3, 0.4) is 0 Å². The number of halogens is 1. The van der Waals surface area contributed by atoms with Crippen LogP contribution in [0.25, 0.3) is 4.85 Å². The maximum absolute atomic E-state index is 12.2. The zero-order chi connectivity index (χ0) is 23.6. The summed E-state index contributed by atoms with van der Waals surface area (Å²) < 4.78 is 22.7. The molecule has 2 heterocycles. The number of carbonyl (C=O) groups is 1. The first kappa shape index (κ1) is 22.9. The summed E-state index contributed by atoms with van der Waals surface area (Å²) in [4.78, 5) is 25.7. The van der Waals surface area contributed by atoms with Crippen LogP contribution in [0.15, 0.2) is 24.5 Å². The highest BCUT2D eigenvalue weighted by Crippen LogP contribution is 2.58. The molecule has 1 saturated carbocycles. The van der Waals surface area contributed by atoms with Crippen LogP contribution in [0.4, 0.5) is 10.5 Å². The lowest BCUT2D eigenvalue weighted by molar-refractivity contribution is 0.0585. The van der Waals surface area contributed by atoms with Gasteiger partial charge in [0.2, 0.25) is 5.75 Å². The molecule has 0 bridgehead atoms. The van der Waals surface area contributed by atoms with E-state index in [1.165, 1.54) is 19.5 Å². The van der Waals surface area contributed by atoms with E-state index in [1.807, 2.05) is 13.8 Å². The van der Waals surface area contributed by atoms with Crippen LogP contribution in [0, 0.1) is 17.9 Å². The van der Waals surface area contributed by atoms with Crippen molar-refractivity contribution in [3.63, 3.8) is 0 Å². The molecule has 0 spiro atoms. The van der Waals surface area contributed by atoms with Crippen LogP contribution in [0.5, 0.6) is 23.3 Å². The third-order valence-corrected chi connectivity index (χ3v) is 6.26. The number of methoxy groups -OCH3 is 1. The van der Waals surface area contributed by atoms with Crippen molar-refractivity contribution >= 4 is 23.4 Å². The number of hydrogen-bond donors (Lipinski definition) is 0. The second-order valence-electron chi connectivity index (χ2n) is 8.53. The third-order valence-electron chi connectivity index (χ3n) is 5.96. The van der Waals surface area contributed by atoms with Crippen LogP contribution < -0.4 is 14.2 Å². The molecule has 1 aliphatic heterocycles.